The molecule has 1 saturated heterocycles. The molecular weight excluding hydrogens is 450 g/mol. The van der Waals surface area contributed by atoms with Crippen LogP contribution in [-0.4, -0.2) is 56.8 Å². The van der Waals surface area contributed by atoms with Crippen LogP contribution in [-0.2, 0) is 0 Å². The van der Waals surface area contributed by atoms with E-state index in [1.165, 1.54) is 24.2 Å². The van der Waals surface area contributed by atoms with E-state index in [4.69, 9.17) is 10.5 Å². The van der Waals surface area contributed by atoms with Crippen molar-refractivity contribution in [1.29, 1.82) is 0 Å². The number of hydrogen-bond donors (Lipinski definition) is 2. The lowest BCUT2D eigenvalue weighted by molar-refractivity contribution is 0.0948. The number of rotatable bonds is 8. The van der Waals surface area contributed by atoms with Gasteiger partial charge in [-0.15, -0.1) is 16.4 Å². The first kappa shape index (κ1) is 22.1. The monoisotopic (exact) mass is 475 g/mol. The van der Waals surface area contributed by atoms with Crippen molar-refractivity contribution in [1.82, 2.24) is 24.6 Å². The van der Waals surface area contributed by atoms with Crippen molar-refractivity contribution in [3.8, 4) is 16.3 Å². The molecule has 2 aromatic carbocycles. The molecular formula is C24H25N7O2S. The van der Waals surface area contributed by atoms with E-state index in [1.807, 2.05) is 41.8 Å². The highest BCUT2D eigenvalue weighted by molar-refractivity contribution is 7.13. The molecule has 3 N–H and O–H groups in total. The van der Waals surface area contributed by atoms with E-state index < -0.39 is 0 Å². The van der Waals surface area contributed by atoms with Crippen molar-refractivity contribution in [3.05, 3.63) is 65.7 Å². The number of nitrogens with one attached hydrogen (secondary N) is 1. The van der Waals surface area contributed by atoms with Crippen molar-refractivity contribution in [2.24, 2.45) is 0 Å². The average Bonchev–Trinajstić information content (AvgIpc) is 3.63. The number of ether oxygens (including phenoxy) is 1. The lowest BCUT2D eigenvalue weighted by atomic mass is 10.1. The number of thiazole rings is 1. The number of aromatic nitrogens is 4. The lowest BCUT2D eigenvalue weighted by Crippen LogP contribution is -2.25. The smallest absolute Gasteiger partial charge is 0.281 e. The lowest BCUT2D eigenvalue weighted by Gasteiger charge is -2.15. The molecule has 1 aliphatic heterocycles. The van der Waals surface area contributed by atoms with Gasteiger partial charge in [-0.05, 0) is 62.3 Å². The maximum absolute atomic E-state index is 13.0. The molecule has 3 heterocycles. The molecule has 0 radical (unpaired) electrons. The van der Waals surface area contributed by atoms with Crippen molar-refractivity contribution in [2.45, 2.75) is 12.8 Å². The summed E-state index contributed by atoms with van der Waals surface area (Å²) in [6.45, 7) is 3.94. The molecule has 0 atom stereocenters. The highest BCUT2D eigenvalue weighted by Gasteiger charge is 2.17. The minimum absolute atomic E-state index is 0.00835. The van der Waals surface area contributed by atoms with Crippen molar-refractivity contribution in [2.75, 3.05) is 37.3 Å². The normalized spacial score (nSPS) is 13.8. The number of nitrogens with zero attached hydrogens (tertiary/aromatic N) is 5. The third kappa shape index (κ3) is 5.08. The Morgan fingerprint density at radius 1 is 1.15 bits per heavy atom. The summed E-state index contributed by atoms with van der Waals surface area (Å²) in [5.74, 6) is 0.690. The van der Waals surface area contributed by atoms with Gasteiger partial charge in [0.15, 0.2) is 0 Å². The molecule has 1 aliphatic rings. The van der Waals surface area contributed by atoms with Gasteiger partial charge < -0.3 is 15.8 Å². The molecule has 9 nitrogen and oxygen atoms in total. The number of benzene rings is 2. The van der Waals surface area contributed by atoms with Crippen LogP contribution in [0.3, 0.4) is 0 Å². The summed E-state index contributed by atoms with van der Waals surface area (Å²) in [5.41, 5.74) is 8.07. The Morgan fingerprint density at radius 3 is 2.74 bits per heavy atom. The molecule has 1 fully saturated rings. The molecule has 0 bridgehead atoms. The summed E-state index contributed by atoms with van der Waals surface area (Å²) < 4.78 is 6.94. The Bertz CT molecular complexity index is 1250. The highest BCUT2D eigenvalue weighted by atomic mass is 32.1. The molecule has 0 saturated carbocycles. The maximum atomic E-state index is 13.0. The second-order valence-electron chi connectivity index (χ2n) is 7.98. The largest absolute Gasteiger partial charge is 0.492 e. The summed E-state index contributed by atoms with van der Waals surface area (Å²) in [5, 5.41) is 10.1. The standard InChI is InChI=1S/C24H25N7O2S/c25-23-28-24(27-19-6-8-20(9-7-19)33-14-13-30-11-1-2-12-30)29-31(23)22(32)18-5-3-4-17(16-18)21-26-10-15-34-21/h3-10,15-16H,1-2,11-14H2,(H3,25,27,28,29). The number of hydrogen-bond acceptors (Lipinski definition) is 9. The molecule has 2 aromatic heterocycles. The van der Waals surface area contributed by atoms with Crippen LogP contribution in [0.5, 0.6) is 5.75 Å². The SMILES string of the molecule is Nc1nc(Nc2ccc(OCCN3CCCC3)cc2)nn1C(=O)c1cccc(-c2nccs2)c1. The van der Waals surface area contributed by atoms with Crippen LogP contribution in [0, 0.1) is 0 Å². The van der Waals surface area contributed by atoms with Crippen molar-refractivity contribution >= 4 is 34.8 Å². The Labute approximate surface area is 201 Å². The third-order valence-corrected chi connectivity index (χ3v) is 6.42. The Kier molecular flexibility index (Phi) is 6.50. The molecule has 4 aromatic rings. The van der Waals surface area contributed by atoms with Gasteiger partial charge in [0.25, 0.3) is 5.91 Å². The molecule has 0 aliphatic carbocycles. The topological polar surface area (TPSA) is 111 Å². The second kappa shape index (κ2) is 10.0. The Hall–Kier alpha value is -3.76. The number of nitrogen functional groups attached to an aromatic ring is 1. The molecule has 174 valence electrons. The van der Waals surface area contributed by atoms with Crippen LogP contribution >= 0.6 is 11.3 Å². The Morgan fingerprint density at radius 2 is 1.97 bits per heavy atom. The van der Waals surface area contributed by atoms with Gasteiger partial charge in [0.1, 0.15) is 17.4 Å². The number of anilines is 3. The molecule has 0 amide bonds. The van der Waals surface area contributed by atoms with E-state index in [-0.39, 0.29) is 17.8 Å². The predicted molar refractivity (Wildman–Crippen MR) is 133 cm³/mol. The predicted octanol–water partition coefficient (Wildman–Crippen LogP) is 3.89. The van der Waals surface area contributed by atoms with Gasteiger partial charge in [0, 0.05) is 34.9 Å². The van der Waals surface area contributed by atoms with Gasteiger partial charge in [0.05, 0.1) is 0 Å². The van der Waals surface area contributed by atoms with E-state index in [2.05, 4.69) is 25.3 Å². The van der Waals surface area contributed by atoms with E-state index in [9.17, 15) is 4.79 Å². The number of carbonyl (C=O) groups excluding carboxylic acids is 1. The first-order chi connectivity index (χ1) is 16.7. The Balaban J connectivity index is 1.22. The van der Waals surface area contributed by atoms with Crippen molar-refractivity contribution in [3.63, 3.8) is 0 Å². The molecule has 5 rings (SSSR count). The summed E-state index contributed by atoms with van der Waals surface area (Å²) in [6, 6.07) is 14.7. The molecule has 0 spiro atoms. The average molecular weight is 476 g/mol. The fourth-order valence-electron chi connectivity index (χ4n) is 3.86. The van der Waals surface area contributed by atoms with Gasteiger partial charge in [-0.1, -0.05) is 12.1 Å². The maximum Gasteiger partial charge on any atom is 0.281 e. The molecule has 34 heavy (non-hydrogen) atoms. The van der Waals surface area contributed by atoms with Gasteiger partial charge in [-0.2, -0.15) is 9.67 Å². The quantitative estimate of drug-likeness (QED) is 0.395. The zero-order chi connectivity index (χ0) is 23.3. The van der Waals surface area contributed by atoms with Crippen LogP contribution in [0.25, 0.3) is 10.6 Å². The van der Waals surface area contributed by atoms with Gasteiger partial charge >= 0.3 is 0 Å². The fraction of sp³-hybridized carbons (Fsp3) is 0.250. The minimum atomic E-state index is -0.363. The van der Waals surface area contributed by atoms with Gasteiger partial charge in [-0.3, -0.25) is 9.69 Å². The summed E-state index contributed by atoms with van der Waals surface area (Å²) >= 11 is 1.51. The van der Waals surface area contributed by atoms with E-state index in [0.717, 1.165) is 46.3 Å². The number of likely N-dealkylation sites (tertiary alicyclic amines) is 1. The van der Waals surface area contributed by atoms with Crippen LogP contribution < -0.4 is 15.8 Å². The summed E-state index contributed by atoms with van der Waals surface area (Å²) in [6.07, 6.45) is 4.29. The van der Waals surface area contributed by atoms with E-state index in [1.54, 1.807) is 18.3 Å². The molecule has 10 heteroatoms. The summed E-state index contributed by atoms with van der Waals surface area (Å²) in [7, 11) is 0. The zero-order valence-electron chi connectivity index (χ0n) is 18.6. The van der Waals surface area contributed by atoms with Crippen LogP contribution in [0.15, 0.2) is 60.1 Å². The van der Waals surface area contributed by atoms with Crippen LogP contribution in [0.2, 0.25) is 0 Å². The third-order valence-electron chi connectivity index (χ3n) is 5.60. The first-order valence-electron chi connectivity index (χ1n) is 11.2. The second-order valence-corrected chi connectivity index (χ2v) is 8.87. The number of nitrogens with two attached hydrogens (primary N) is 1. The zero-order valence-corrected chi connectivity index (χ0v) is 19.4. The van der Waals surface area contributed by atoms with Crippen molar-refractivity contribution < 1.29 is 9.53 Å². The first-order valence-corrected chi connectivity index (χ1v) is 12.0. The van der Waals surface area contributed by atoms with E-state index >= 15 is 0 Å². The van der Waals surface area contributed by atoms with Crippen LogP contribution in [0.1, 0.15) is 23.2 Å². The van der Waals surface area contributed by atoms with Gasteiger partial charge in [0.2, 0.25) is 11.9 Å². The molecule has 0 unspecified atom stereocenters. The summed E-state index contributed by atoms with van der Waals surface area (Å²) in [4.78, 5) is 23.9. The van der Waals surface area contributed by atoms with E-state index in [0.29, 0.717) is 12.2 Å². The van der Waals surface area contributed by atoms with Crippen LogP contribution in [0.4, 0.5) is 17.6 Å². The van der Waals surface area contributed by atoms with Gasteiger partial charge in [-0.25, -0.2) is 4.98 Å². The number of carbonyl (C=O) groups is 1. The minimum Gasteiger partial charge on any atom is -0.492 e. The highest BCUT2D eigenvalue weighted by Crippen LogP contribution is 2.24. The fourth-order valence-corrected chi connectivity index (χ4v) is 4.50.